The van der Waals surface area contributed by atoms with Gasteiger partial charge in [-0.1, -0.05) is 12.1 Å². The predicted molar refractivity (Wildman–Crippen MR) is 90.1 cm³/mol. The molecule has 0 unspecified atom stereocenters. The fourth-order valence-electron chi connectivity index (χ4n) is 2.71. The van der Waals surface area contributed by atoms with E-state index in [0.29, 0.717) is 45.4 Å². The molecule has 0 spiro atoms. The molecule has 0 saturated carbocycles. The van der Waals surface area contributed by atoms with Crippen LogP contribution in [0.5, 0.6) is 0 Å². The molecular weight excluding hydrogens is 333 g/mol. The maximum Gasteiger partial charge on any atom is 0.281 e. The van der Waals surface area contributed by atoms with E-state index in [0.717, 1.165) is 5.56 Å². The molecule has 134 valence electrons. The van der Waals surface area contributed by atoms with E-state index >= 15 is 0 Å². The van der Waals surface area contributed by atoms with Gasteiger partial charge in [0, 0.05) is 46.7 Å². The van der Waals surface area contributed by atoms with E-state index in [4.69, 9.17) is 0 Å². The van der Waals surface area contributed by atoms with E-state index in [1.807, 2.05) is 0 Å². The van der Waals surface area contributed by atoms with Crippen molar-refractivity contribution in [2.75, 3.05) is 40.3 Å². The quantitative estimate of drug-likeness (QED) is 0.793. The molecule has 6 nitrogen and oxygen atoms in total. The molecule has 1 aliphatic rings. The van der Waals surface area contributed by atoms with Gasteiger partial charge in [-0.05, 0) is 30.5 Å². The second-order valence-corrected chi connectivity index (χ2v) is 8.20. The number of rotatable bonds is 5. The summed E-state index contributed by atoms with van der Waals surface area (Å²) in [4.78, 5) is 14.1. The highest BCUT2D eigenvalue weighted by Gasteiger charge is 2.28. The van der Waals surface area contributed by atoms with Crippen LogP contribution < -0.4 is 0 Å². The van der Waals surface area contributed by atoms with Crippen molar-refractivity contribution in [3.05, 3.63) is 35.6 Å². The molecule has 0 aromatic heterocycles. The Kier molecular flexibility index (Phi) is 6.31. The largest absolute Gasteiger partial charge is 0.341 e. The van der Waals surface area contributed by atoms with Gasteiger partial charge in [0.25, 0.3) is 10.2 Å². The summed E-state index contributed by atoms with van der Waals surface area (Å²) in [6.45, 7) is 1.64. The molecule has 1 aromatic rings. The Morgan fingerprint density at radius 1 is 1.21 bits per heavy atom. The molecule has 1 aliphatic heterocycles. The number of benzene rings is 1. The lowest BCUT2D eigenvalue weighted by molar-refractivity contribution is -0.131. The Morgan fingerprint density at radius 2 is 1.96 bits per heavy atom. The number of hydrogen-bond acceptors (Lipinski definition) is 3. The Bertz CT molecular complexity index is 679. The van der Waals surface area contributed by atoms with E-state index in [9.17, 15) is 17.6 Å². The van der Waals surface area contributed by atoms with E-state index in [1.165, 1.54) is 34.8 Å². The molecule has 2 rings (SSSR count). The van der Waals surface area contributed by atoms with Crippen molar-refractivity contribution in [2.45, 2.75) is 19.3 Å². The molecule has 1 amide bonds. The summed E-state index contributed by atoms with van der Waals surface area (Å²) in [5.74, 6) is -0.331. The standard InChI is InChI=1S/C16H24FN3O3S/c1-18(2)24(22,23)20-10-4-9-19(11-12-20)16(21)8-7-14-5-3-6-15(17)13-14/h3,5-6,13H,4,7-12H2,1-2H3. The van der Waals surface area contributed by atoms with Crippen molar-refractivity contribution in [1.29, 1.82) is 0 Å². The average Bonchev–Trinajstić information content (AvgIpc) is 2.79. The molecule has 24 heavy (non-hydrogen) atoms. The minimum absolute atomic E-state index is 0.0247. The van der Waals surface area contributed by atoms with Gasteiger partial charge < -0.3 is 4.90 Å². The highest BCUT2D eigenvalue weighted by Crippen LogP contribution is 2.12. The molecule has 1 fully saturated rings. The molecule has 0 atom stereocenters. The molecule has 1 saturated heterocycles. The average molecular weight is 357 g/mol. The summed E-state index contributed by atoms with van der Waals surface area (Å²) in [6, 6.07) is 6.23. The minimum Gasteiger partial charge on any atom is -0.341 e. The lowest BCUT2D eigenvalue weighted by Crippen LogP contribution is -2.42. The summed E-state index contributed by atoms with van der Waals surface area (Å²) >= 11 is 0. The summed E-state index contributed by atoms with van der Waals surface area (Å²) in [5.41, 5.74) is 0.787. The van der Waals surface area contributed by atoms with E-state index in [2.05, 4.69) is 0 Å². The van der Waals surface area contributed by atoms with Crippen molar-refractivity contribution in [2.24, 2.45) is 0 Å². The zero-order valence-electron chi connectivity index (χ0n) is 14.1. The van der Waals surface area contributed by atoms with Crippen LogP contribution >= 0.6 is 0 Å². The molecule has 0 aliphatic carbocycles. The molecule has 1 aromatic carbocycles. The first-order valence-electron chi connectivity index (χ1n) is 8.00. The van der Waals surface area contributed by atoms with Gasteiger partial charge in [-0.25, -0.2) is 4.39 Å². The van der Waals surface area contributed by atoms with Crippen LogP contribution in [0.4, 0.5) is 4.39 Å². The number of hydrogen-bond donors (Lipinski definition) is 0. The highest BCUT2D eigenvalue weighted by atomic mass is 32.2. The van der Waals surface area contributed by atoms with Gasteiger partial charge in [0.05, 0.1) is 0 Å². The van der Waals surface area contributed by atoms with Crippen LogP contribution in [0, 0.1) is 5.82 Å². The monoisotopic (exact) mass is 357 g/mol. The molecule has 0 radical (unpaired) electrons. The first-order valence-corrected chi connectivity index (χ1v) is 9.40. The van der Waals surface area contributed by atoms with Crippen LogP contribution in [0.15, 0.2) is 24.3 Å². The van der Waals surface area contributed by atoms with Gasteiger partial charge in [-0.3, -0.25) is 4.79 Å². The number of nitrogens with zero attached hydrogens (tertiary/aromatic N) is 3. The third kappa shape index (κ3) is 4.75. The Labute approximate surface area is 143 Å². The fraction of sp³-hybridized carbons (Fsp3) is 0.562. The number of halogens is 1. The summed E-state index contributed by atoms with van der Waals surface area (Å²) in [6.07, 6.45) is 1.38. The van der Waals surface area contributed by atoms with E-state index in [-0.39, 0.29) is 11.7 Å². The van der Waals surface area contributed by atoms with Crippen molar-refractivity contribution in [3.63, 3.8) is 0 Å². The van der Waals surface area contributed by atoms with Crippen molar-refractivity contribution in [3.8, 4) is 0 Å². The second-order valence-electron chi connectivity index (χ2n) is 6.05. The topological polar surface area (TPSA) is 60.9 Å². The second kappa shape index (κ2) is 8.04. The van der Waals surface area contributed by atoms with Crippen LogP contribution in [0.25, 0.3) is 0 Å². The van der Waals surface area contributed by atoms with Crippen LogP contribution in [0.1, 0.15) is 18.4 Å². The number of amides is 1. The number of aryl methyl sites for hydroxylation is 1. The van der Waals surface area contributed by atoms with Crippen LogP contribution in [0.3, 0.4) is 0 Å². The zero-order valence-corrected chi connectivity index (χ0v) is 14.9. The van der Waals surface area contributed by atoms with Crippen LogP contribution in [-0.2, 0) is 21.4 Å². The first kappa shape index (κ1) is 18.8. The predicted octanol–water partition coefficient (Wildman–Crippen LogP) is 1.10. The normalized spacial score (nSPS) is 17.1. The lowest BCUT2D eigenvalue weighted by atomic mass is 10.1. The van der Waals surface area contributed by atoms with Gasteiger partial charge in [0.15, 0.2) is 0 Å². The van der Waals surface area contributed by atoms with Crippen molar-refractivity contribution in [1.82, 2.24) is 13.5 Å². The van der Waals surface area contributed by atoms with Gasteiger partial charge >= 0.3 is 0 Å². The molecule has 8 heteroatoms. The molecule has 0 N–H and O–H groups in total. The Balaban J connectivity index is 1.90. The molecule has 1 heterocycles. The van der Waals surface area contributed by atoms with Crippen molar-refractivity contribution < 1.29 is 17.6 Å². The zero-order chi connectivity index (χ0) is 17.7. The van der Waals surface area contributed by atoms with Gasteiger partial charge in [0.1, 0.15) is 5.82 Å². The summed E-state index contributed by atoms with van der Waals surface area (Å²) < 4.78 is 40.1. The Hall–Kier alpha value is -1.51. The van der Waals surface area contributed by atoms with Crippen LogP contribution in [-0.4, -0.2) is 68.1 Å². The van der Waals surface area contributed by atoms with E-state index < -0.39 is 10.2 Å². The lowest BCUT2D eigenvalue weighted by Gasteiger charge is -2.24. The first-order chi connectivity index (χ1) is 11.3. The number of carbonyl (C=O) groups excluding carboxylic acids is 1. The smallest absolute Gasteiger partial charge is 0.281 e. The summed E-state index contributed by atoms with van der Waals surface area (Å²) in [5, 5.41) is 0. The van der Waals surface area contributed by atoms with Gasteiger partial charge in [0.2, 0.25) is 5.91 Å². The van der Waals surface area contributed by atoms with E-state index in [1.54, 1.807) is 17.0 Å². The SMILES string of the molecule is CN(C)S(=O)(=O)N1CCCN(C(=O)CCc2cccc(F)c2)CC1. The maximum atomic E-state index is 13.2. The van der Waals surface area contributed by atoms with Gasteiger partial charge in [-0.2, -0.15) is 17.0 Å². The van der Waals surface area contributed by atoms with Crippen molar-refractivity contribution >= 4 is 16.1 Å². The third-order valence-electron chi connectivity index (χ3n) is 4.11. The third-order valence-corrected chi connectivity index (χ3v) is 6.05. The van der Waals surface area contributed by atoms with Crippen LogP contribution in [0.2, 0.25) is 0 Å². The number of carbonyl (C=O) groups is 1. The maximum absolute atomic E-state index is 13.2. The van der Waals surface area contributed by atoms with Gasteiger partial charge in [-0.15, -0.1) is 0 Å². The molecule has 0 bridgehead atoms. The highest BCUT2D eigenvalue weighted by molar-refractivity contribution is 7.86. The molecular formula is C16H24FN3O3S. The summed E-state index contributed by atoms with van der Waals surface area (Å²) in [7, 11) is -0.441. The fourth-order valence-corrected chi connectivity index (χ4v) is 3.84. The minimum atomic E-state index is -3.45. The Morgan fingerprint density at radius 3 is 2.62 bits per heavy atom.